The summed E-state index contributed by atoms with van der Waals surface area (Å²) >= 11 is 5.91. The van der Waals surface area contributed by atoms with E-state index >= 15 is 0 Å². The van der Waals surface area contributed by atoms with E-state index in [9.17, 15) is 13.6 Å². The maximum Gasteiger partial charge on any atom is 0.284 e. The SMILES string of the molecule is COCCOc1cc2ncnc(Nc3ccc(F)c(Cl)c3)c2cc1NC(=O)/C(F)=C/CN1CC2OCCO[C@H]2C1. The summed E-state index contributed by atoms with van der Waals surface area (Å²) in [7, 11) is 1.53. The number of likely N-dealkylation sites (tertiary alicyclic amines) is 1. The predicted molar refractivity (Wildman–Crippen MR) is 145 cm³/mol. The average molecular weight is 576 g/mol. The molecule has 212 valence electrons. The highest BCUT2D eigenvalue weighted by atomic mass is 35.5. The number of hydrogen-bond acceptors (Lipinski definition) is 9. The van der Waals surface area contributed by atoms with Crippen molar-refractivity contribution < 1.29 is 32.5 Å². The number of amides is 1. The van der Waals surface area contributed by atoms with Crippen LogP contribution in [0.1, 0.15) is 0 Å². The molecule has 0 aliphatic carbocycles. The third-order valence-electron chi connectivity index (χ3n) is 6.50. The molecule has 3 heterocycles. The van der Waals surface area contributed by atoms with Crippen LogP contribution in [-0.2, 0) is 19.0 Å². The number of nitrogens with one attached hydrogen (secondary N) is 2. The van der Waals surface area contributed by atoms with Gasteiger partial charge < -0.3 is 29.6 Å². The smallest absolute Gasteiger partial charge is 0.284 e. The molecular formula is C27H28ClF2N5O5. The van der Waals surface area contributed by atoms with Crippen molar-refractivity contribution in [3.8, 4) is 5.75 Å². The van der Waals surface area contributed by atoms with Crippen molar-refractivity contribution >= 4 is 45.6 Å². The molecule has 2 aromatic carbocycles. The lowest BCUT2D eigenvalue weighted by Gasteiger charge is -2.24. The van der Waals surface area contributed by atoms with E-state index in [1.165, 1.54) is 37.7 Å². The molecule has 3 aromatic rings. The number of ether oxygens (including phenoxy) is 4. The van der Waals surface area contributed by atoms with Crippen LogP contribution in [0.3, 0.4) is 0 Å². The topological polar surface area (TPSA) is 107 Å². The third-order valence-corrected chi connectivity index (χ3v) is 6.79. The van der Waals surface area contributed by atoms with Crippen LogP contribution in [0.15, 0.2) is 48.6 Å². The van der Waals surface area contributed by atoms with Crippen molar-refractivity contribution in [3.05, 3.63) is 59.4 Å². The Hall–Kier alpha value is -3.42. The Labute approximate surface area is 234 Å². The second-order valence-electron chi connectivity index (χ2n) is 9.23. The molecule has 2 N–H and O–H groups in total. The maximum absolute atomic E-state index is 14.9. The van der Waals surface area contributed by atoms with Gasteiger partial charge in [-0.2, -0.15) is 0 Å². The standard InChI is InChI=1S/C27H28ClF2N5O5/c1-37-6-7-38-23-12-21-17(26(32-15-31-21)33-16-2-3-19(29)18(28)10-16)11-22(23)34-27(36)20(30)4-5-35-13-24-25(14-35)40-9-8-39-24/h2-4,10-12,15,24-25H,5-9,13-14H2,1H3,(H,34,36)(H,31,32,33)/b20-4-/t24-,25?/m0/s1. The first-order valence-electron chi connectivity index (χ1n) is 12.7. The number of aromatic nitrogens is 2. The summed E-state index contributed by atoms with van der Waals surface area (Å²) < 4.78 is 50.8. The number of anilines is 3. The lowest BCUT2D eigenvalue weighted by molar-refractivity contribution is -0.116. The molecule has 2 saturated heterocycles. The summed E-state index contributed by atoms with van der Waals surface area (Å²) in [4.78, 5) is 23.4. The molecule has 1 unspecified atom stereocenters. The molecule has 0 saturated carbocycles. The number of fused-ring (bicyclic) bond motifs is 2. The zero-order chi connectivity index (χ0) is 28.1. The number of nitrogens with zero attached hydrogens (tertiary/aromatic N) is 3. The monoisotopic (exact) mass is 575 g/mol. The summed E-state index contributed by atoms with van der Waals surface area (Å²) in [6.45, 7) is 3.02. The van der Waals surface area contributed by atoms with Crippen LogP contribution < -0.4 is 15.4 Å². The highest BCUT2D eigenvalue weighted by Crippen LogP contribution is 2.34. The lowest BCUT2D eigenvalue weighted by Crippen LogP contribution is -2.36. The largest absolute Gasteiger partial charge is 0.489 e. The van der Waals surface area contributed by atoms with E-state index in [1.807, 2.05) is 4.90 Å². The van der Waals surface area contributed by atoms with Gasteiger partial charge in [0.25, 0.3) is 5.91 Å². The van der Waals surface area contributed by atoms with Gasteiger partial charge in [0.2, 0.25) is 0 Å². The molecule has 1 aromatic heterocycles. The van der Waals surface area contributed by atoms with Crippen molar-refractivity contribution in [2.45, 2.75) is 12.2 Å². The second kappa shape index (κ2) is 12.8. The van der Waals surface area contributed by atoms with E-state index in [2.05, 4.69) is 20.6 Å². The highest BCUT2D eigenvalue weighted by Gasteiger charge is 2.36. The van der Waals surface area contributed by atoms with E-state index in [0.29, 0.717) is 55.3 Å². The van der Waals surface area contributed by atoms with Crippen LogP contribution in [0.4, 0.5) is 26.0 Å². The fraction of sp³-hybridized carbons (Fsp3) is 0.370. The van der Waals surface area contributed by atoms with Crippen molar-refractivity contribution in [1.29, 1.82) is 0 Å². The van der Waals surface area contributed by atoms with Crippen molar-refractivity contribution in [2.75, 3.05) is 63.8 Å². The van der Waals surface area contributed by atoms with Gasteiger partial charge in [-0.1, -0.05) is 11.6 Å². The Kier molecular flexibility index (Phi) is 9.02. The summed E-state index contributed by atoms with van der Waals surface area (Å²) in [5.74, 6) is -1.79. The molecule has 10 nitrogen and oxygen atoms in total. The number of benzene rings is 2. The summed E-state index contributed by atoms with van der Waals surface area (Å²) in [6, 6.07) is 7.35. The molecule has 2 aliphatic rings. The molecular weight excluding hydrogens is 548 g/mol. The highest BCUT2D eigenvalue weighted by molar-refractivity contribution is 6.31. The number of rotatable bonds is 10. The quantitative estimate of drug-likeness (QED) is 0.273. The minimum absolute atomic E-state index is 0.0422. The molecule has 13 heteroatoms. The summed E-state index contributed by atoms with van der Waals surface area (Å²) in [5.41, 5.74) is 1.19. The predicted octanol–water partition coefficient (Wildman–Crippen LogP) is 4.08. The van der Waals surface area contributed by atoms with Gasteiger partial charge in [0.1, 0.15) is 30.3 Å². The van der Waals surface area contributed by atoms with E-state index in [-0.39, 0.29) is 41.8 Å². The van der Waals surface area contributed by atoms with Gasteiger partial charge in [-0.25, -0.2) is 18.7 Å². The molecule has 1 amide bonds. The Morgan fingerprint density at radius 1 is 1.18 bits per heavy atom. The molecule has 2 aliphatic heterocycles. The fourth-order valence-electron chi connectivity index (χ4n) is 4.52. The van der Waals surface area contributed by atoms with Gasteiger partial charge in [-0.3, -0.25) is 9.69 Å². The number of hydrogen-bond donors (Lipinski definition) is 2. The summed E-state index contributed by atoms with van der Waals surface area (Å²) in [6.07, 6.45) is 2.49. The van der Waals surface area contributed by atoms with Crippen molar-refractivity contribution in [1.82, 2.24) is 14.9 Å². The van der Waals surface area contributed by atoms with Crippen LogP contribution in [0.5, 0.6) is 5.75 Å². The molecule has 0 spiro atoms. The van der Waals surface area contributed by atoms with Crippen LogP contribution in [0.25, 0.3) is 10.9 Å². The number of methoxy groups -OCH3 is 1. The Balaban J connectivity index is 1.36. The number of halogens is 3. The number of carbonyl (C=O) groups excluding carboxylic acids is 1. The van der Waals surface area contributed by atoms with E-state index in [0.717, 1.165) is 0 Å². The van der Waals surface area contributed by atoms with Gasteiger partial charge in [0, 0.05) is 43.9 Å². The fourth-order valence-corrected chi connectivity index (χ4v) is 4.70. The van der Waals surface area contributed by atoms with E-state index in [4.69, 9.17) is 30.5 Å². The van der Waals surface area contributed by atoms with Gasteiger partial charge in [-0.15, -0.1) is 0 Å². The minimum Gasteiger partial charge on any atom is -0.489 e. The van der Waals surface area contributed by atoms with Crippen molar-refractivity contribution in [3.63, 3.8) is 0 Å². The molecule has 40 heavy (non-hydrogen) atoms. The normalized spacial score (nSPS) is 19.4. The first-order valence-corrected chi connectivity index (χ1v) is 13.0. The average Bonchev–Trinajstić information content (AvgIpc) is 3.37. The zero-order valence-electron chi connectivity index (χ0n) is 21.7. The molecule has 0 bridgehead atoms. The Morgan fingerprint density at radius 3 is 2.67 bits per heavy atom. The maximum atomic E-state index is 14.9. The molecule has 5 rings (SSSR count). The van der Waals surface area contributed by atoms with Crippen LogP contribution >= 0.6 is 11.6 Å². The first kappa shape index (κ1) is 28.1. The second-order valence-corrected chi connectivity index (χ2v) is 9.63. The first-order chi connectivity index (χ1) is 19.4. The Bertz CT molecular complexity index is 1400. The Morgan fingerprint density at radius 2 is 1.95 bits per heavy atom. The number of carbonyl (C=O) groups is 1. The van der Waals surface area contributed by atoms with Gasteiger partial charge >= 0.3 is 0 Å². The van der Waals surface area contributed by atoms with Crippen molar-refractivity contribution in [2.24, 2.45) is 0 Å². The van der Waals surface area contributed by atoms with E-state index in [1.54, 1.807) is 12.1 Å². The lowest BCUT2D eigenvalue weighted by atomic mass is 10.1. The van der Waals surface area contributed by atoms with Crippen LogP contribution in [0.2, 0.25) is 5.02 Å². The van der Waals surface area contributed by atoms with Crippen LogP contribution in [-0.4, -0.2) is 86.2 Å². The van der Waals surface area contributed by atoms with Gasteiger partial charge in [0.15, 0.2) is 5.83 Å². The van der Waals surface area contributed by atoms with Crippen LogP contribution in [0, 0.1) is 5.82 Å². The van der Waals surface area contributed by atoms with Gasteiger partial charge in [-0.05, 0) is 30.3 Å². The summed E-state index contributed by atoms with van der Waals surface area (Å²) in [5, 5.41) is 6.11. The molecule has 2 atom stereocenters. The zero-order valence-corrected chi connectivity index (χ0v) is 22.4. The molecule has 2 fully saturated rings. The van der Waals surface area contributed by atoms with Gasteiger partial charge in [0.05, 0.1) is 48.3 Å². The third kappa shape index (κ3) is 6.65. The molecule has 0 radical (unpaired) electrons. The van der Waals surface area contributed by atoms with E-state index < -0.39 is 17.6 Å². The minimum atomic E-state index is -0.941.